The van der Waals surface area contributed by atoms with Crippen molar-refractivity contribution >= 4 is 11.8 Å². The Bertz CT molecular complexity index is 541. The predicted octanol–water partition coefficient (Wildman–Crippen LogP) is 1.86. The number of hydrogen-bond acceptors (Lipinski definition) is 5. The molecule has 100 valence electrons. The summed E-state index contributed by atoms with van der Waals surface area (Å²) in [5.41, 5.74) is 4.31. The minimum Gasteiger partial charge on any atom is -0.370 e. The van der Waals surface area contributed by atoms with Crippen LogP contribution in [0.5, 0.6) is 0 Å². The van der Waals surface area contributed by atoms with Crippen molar-refractivity contribution in [2.24, 2.45) is 5.84 Å². The molecule has 0 fully saturated rings. The molecule has 0 radical (unpaired) electrons. The first-order chi connectivity index (χ1) is 9.17. The summed E-state index contributed by atoms with van der Waals surface area (Å²) in [4.78, 5) is 8.28. The van der Waals surface area contributed by atoms with Crippen LogP contribution >= 0.6 is 0 Å². The third-order valence-electron chi connectivity index (χ3n) is 2.62. The number of nitrogen functional groups attached to an aromatic ring is 1. The third kappa shape index (κ3) is 3.89. The van der Waals surface area contributed by atoms with Crippen LogP contribution in [0.15, 0.2) is 30.3 Å². The highest BCUT2D eigenvalue weighted by atomic mass is 19.1. The Morgan fingerprint density at radius 3 is 2.63 bits per heavy atom. The number of halogens is 1. The van der Waals surface area contributed by atoms with Gasteiger partial charge in [-0.25, -0.2) is 15.2 Å². The number of hydrogen-bond donors (Lipinski definition) is 3. The maximum Gasteiger partial charge on any atom is 0.239 e. The van der Waals surface area contributed by atoms with Crippen molar-refractivity contribution in [2.45, 2.75) is 13.3 Å². The molecule has 0 amide bonds. The van der Waals surface area contributed by atoms with E-state index < -0.39 is 0 Å². The van der Waals surface area contributed by atoms with Crippen LogP contribution in [0.25, 0.3) is 0 Å². The highest BCUT2D eigenvalue weighted by Crippen LogP contribution is 2.09. The fraction of sp³-hybridized carbons (Fsp3) is 0.231. The zero-order chi connectivity index (χ0) is 13.7. The maximum atomic E-state index is 12.8. The predicted molar refractivity (Wildman–Crippen MR) is 73.2 cm³/mol. The van der Waals surface area contributed by atoms with Crippen molar-refractivity contribution < 1.29 is 4.39 Å². The van der Waals surface area contributed by atoms with Crippen LogP contribution in [0.4, 0.5) is 16.2 Å². The summed E-state index contributed by atoms with van der Waals surface area (Å²) in [5, 5.41) is 3.18. The van der Waals surface area contributed by atoms with Gasteiger partial charge in [-0.2, -0.15) is 4.98 Å². The van der Waals surface area contributed by atoms with Gasteiger partial charge in [0.1, 0.15) is 11.6 Å². The lowest BCUT2D eigenvalue weighted by Gasteiger charge is -2.08. The Morgan fingerprint density at radius 2 is 1.95 bits per heavy atom. The molecule has 1 aromatic heterocycles. The lowest BCUT2D eigenvalue weighted by Crippen LogP contribution is -2.13. The van der Waals surface area contributed by atoms with E-state index in [1.54, 1.807) is 12.1 Å². The number of rotatable bonds is 5. The van der Waals surface area contributed by atoms with E-state index in [0.29, 0.717) is 18.3 Å². The van der Waals surface area contributed by atoms with Gasteiger partial charge in [0.25, 0.3) is 0 Å². The monoisotopic (exact) mass is 261 g/mol. The summed E-state index contributed by atoms with van der Waals surface area (Å²) < 4.78 is 12.8. The molecule has 0 bridgehead atoms. The van der Waals surface area contributed by atoms with Crippen molar-refractivity contribution in [1.29, 1.82) is 0 Å². The number of aryl methyl sites for hydroxylation is 1. The average Bonchev–Trinajstić information content (AvgIpc) is 2.40. The Morgan fingerprint density at radius 1 is 1.21 bits per heavy atom. The Balaban J connectivity index is 1.92. The summed E-state index contributed by atoms with van der Waals surface area (Å²) in [7, 11) is 0. The molecule has 0 aliphatic carbocycles. The summed E-state index contributed by atoms with van der Waals surface area (Å²) in [6.07, 6.45) is 0.786. The molecule has 5 nitrogen and oxygen atoms in total. The highest BCUT2D eigenvalue weighted by molar-refractivity contribution is 5.41. The summed E-state index contributed by atoms with van der Waals surface area (Å²) in [5.74, 6) is 6.15. The fourth-order valence-electron chi connectivity index (χ4n) is 1.71. The molecule has 0 aliphatic rings. The molecule has 0 saturated carbocycles. The van der Waals surface area contributed by atoms with Gasteiger partial charge in [0.15, 0.2) is 0 Å². The molecule has 1 heterocycles. The molecule has 1 aromatic carbocycles. The second-order valence-corrected chi connectivity index (χ2v) is 4.17. The summed E-state index contributed by atoms with van der Waals surface area (Å²) in [6, 6.07) is 8.30. The second kappa shape index (κ2) is 6.10. The Labute approximate surface area is 111 Å². The Hall–Kier alpha value is -2.21. The summed E-state index contributed by atoms with van der Waals surface area (Å²) in [6.45, 7) is 2.57. The van der Waals surface area contributed by atoms with Gasteiger partial charge >= 0.3 is 0 Å². The van der Waals surface area contributed by atoms with E-state index in [9.17, 15) is 4.39 Å². The van der Waals surface area contributed by atoms with Gasteiger partial charge in [-0.15, -0.1) is 0 Å². The van der Waals surface area contributed by atoms with E-state index in [0.717, 1.165) is 17.7 Å². The smallest absolute Gasteiger partial charge is 0.239 e. The lowest BCUT2D eigenvalue weighted by molar-refractivity contribution is 0.627. The summed E-state index contributed by atoms with van der Waals surface area (Å²) >= 11 is 0. The lowest BCUT2D eigenvalue weighted by atomic mass is 10.1. The Kier molecular flexibility index (Phi) is 4.25. The third-order valence-corrected chi connectivity index (χ3v) is 2.62. The first-order valence-corrected chi connectivity index (χ1v) is 5.98. The number of benzene rings is 1. The maximum absolute atomic E-state index is 12.8. The van der Waals surface area contributed by atoms with Gasteiger partial charge in [0.05, 0.1) is 0 Å². The molecule has 6 heteroatoms. The van der Waals surface area contributed by atoms with Gasteiger partial charge in [-0.1, -0.05) is 12.1 Å². The average molecular weight is 261 g/mol. The number of nitrogens with one attached hydrogen (secondary N) is 2. The highest BCUT2D eigenvalue weighted by Gasteiger charge is 2.00. The van der Waals surface area contributed by atoms with E-state index in [1.165, 1.54) is 12.1 Å². The van der Waals surface area contributed by atoms with Crippen LogP contribution in [0.2, 0.25) is 0 Å². The second-order valence-electron chi connectivity index (χ2n) is 4.17. The van der Waals surface area contributed by atoms with Crippen molar-refractivity contribution in [1.82, 2.24) is 9.97 Å². The number of hydrazine groups is 1. The van der Waals surface area contributed by atoms with Crippen LogP contribution in [-0.2, 0) is 6.42 Å². The van der Waals surface area contributed by atoms with Crippen molar-refractivity contribution in [3.63, 3.8) is 0 Å². The van der Waals surface area contributed by atoms with Gasteiger partial charge in [0.2, 0.25) is 5.95 Å². The molecule has 0 aliphatic heterocycles. The van der Waals surface area contributed by atoms with Gasteiger partial charge in [-0.3, -0.25) is 5.43 Å². The molecule has 0 unspecified atom stereocenters. The molecule has 0 spiro atoms. The first kappa shape index (κ1) is 13.2. The molecule has 0 atom stereocenters. The molecule has 0 saturated heterocycles. The number of anilines is 2. The van der Waals surface area contributed by atoms with Crippen LogP contribution in [0.1, 0.15) is 11.3 Å². The minimum atomic E-state index is -0.221. The fourth-order valence-corrected chi connectivity index (χ4v) is 1.71. The minimum absolute atomic E-state index is 0.221. The molecule has 19 heavy (non-hydrogen) atoms. The van der Waals surface area contributed by atoms with E-state index in [1.807, 2.05) is 13.0 Å². The van der Waals surface area contributed by atoms with Crippen molar-refractivity contribution in [2.75, 3.05) is 17.3 Å². The zero-order valence-corrected chi connectivity index (χ0v) is 10.7. The first-order valence-electron chi connectivity index (χ1n) is 5.98. The molecule has 2 aromatic rings. The normalized spacial score (nSPS) is 10.3. The largest absolute Gasteiger partial charge is 0.370 e. The van der Waals surface area contributed by atoms with Gasteiger partial charge in [0, 0.05) is 18.3 Å². The van der Waals surface area contributed by atoms with Crippen LogP contribution in [-0.4, -0.2) is 16.5 Å². The number of nitrogens with zero attached hydrogens (tertiary/aromatic N) is 2. The van der Waals surface area contributed by atoms with Gasteiger partial charge < -0.3 is 5.32 Å². The molecular weight excluding hydrogens is 245 g/mol. The van der Waals surface area contributed by atoms with Crippen LogP contribution in [0.3, 0.4) is 0 Å². The quantitative estimate of drug-likeness (QED) is 0.566. The zero-order valence-electron chi connectivity index (χ0n) is 10.7. The van der Waals surface area contributed by atoms with E-state index in [2.05, 4.69) is 20.7 Å². The van der Waals surface area contributed by atoms with Crippen molar-refractivity contribution in [3.8, 4) is 0 Å². The van der Waals surface area contributed by atoms with E-state index in [-0.39, 0.29) is 5.82 Å². The standard InChI is InChI=1S/C13H16FN5/c1-9-8-12(18-13(17-9)19-15)16-7-6-10-2-4-11(14)5-3-10/h2-5,8H,6-7,15H2,1H3,(H2,16,17,18,19). The SMILES string of the molecule is Cc1cc(NCCc2ccc(F)cc2)nc(NN)n1. The molecule has 4 N–H and O–H groups in total. The van der Waals surface area contributed by atoms with E-state index in [4.69, 9.17) is 5.84 Å². The molecular formula is C13H16FN5. The molecule has 2 rings (SSSR count). The van der Waals surface area contributed by atoms with Gasteiger partial charge in [-0.05, 0) is 31.0 Å². The topological polar surface area (TPSA) is 75.9 Å². The van der Waals surface area contributed by atoms with Crippen LogP contribution < -0.4 is 16.6 Å². The van der Waals surface area contributed by atoms with E-state index >= 15 is 0 Å². The van der Waals surface area contributed by atoms with Crippen LogP contribution in [0, 0.1) is 12.7 Å². The number of nitrogens with two attached hydrogens (primary N) is 1. The number of aromatic nitrogens is 2. The van der Waals surface area contributed by atoms with Crippen molar-refractivity contribution in [3.05, 3.63) is 47.4 Å².